The number of hydrogen-bond acceptors (Lipinski definition) is 6. The van der Waals surface area contributed by atoms with Crippen LogP contribution in [-0.2, 0) is 0 Å². The Morgan fingerprint density at radius 1 is 1.04 bits per heavy atom. The van der Waals surface area contributed by atoms with Crippen LogP contribution in [0.1, 0.15) is 24.2 Å². The van der Waals surface area contributed by atoms with Crippen LogP contribution in [0.5, 0.6) is 0 Å². The first-order chi connectivity index (χ1) is 13.1. The normalized spacial score (nSPS) is 14.9. The molecule has 0 bridgehead atoms. The molecule has 0 saturated carbocycles. The predicted molar refractivity (Wildman–Crippen MR) is 109 cm³/mol. The summed E-state index contributed by atoms with van der Waals surface area (Å²) in [6, 6.07) is 8.20. The maximum Gasteiger partial charge on any atom is 0.257 e. The van der Waals surface area contributed by atoms with Crippen molar-refractivity contribution in [2.75, 3.05) is 56.5 Å². The van der Waals surface area contributed by atoms with Crippen molar-refractivity contribution in [2.24, 2.45) is 0 Å². The number of nitrogens with zero attached hydrogens (tertiary/aromatic N) is 5. The smallest absolute Gasteiger partial charge is 0.257 e. The minimum Gasteiger partial charge on any atom is -0.372 e. The molecule has 7 heteroatoms. The average molecular weight is 368 g/mol. The molecule has 0 atom stereocenters. The van der Waals surface area contributed by atoms with E-state index in [0.717, 1.165) is 45.0 Å². The van der Waals surface area contributed by atoms with Gasteiger partial charge in [-0.3, -0.25) is 4.79 Å². The van der Waals surface area contributed by atoms with Crippen LogP contribution in [0.25, 0.3) is 0 Å². The van der Waals surface area contributed by atoms with E-state index in [0.29, 0.717) is 11.5 Å². The molecule has 1 aromatic carbocycles. The minimum absolute atomic E-state index is 0.00164. The van der Waals surface area contributed by atoms with Crippen LogP contribution >= 0.6 is 0 Å². The summed E-state index contributed by atoms with van der Waals surface area (Å²) in [5.41, 5.74) is 2.64. The fraction of sp³-hybridized carbons (Fsp3) is 0.450. The molecule has 0 aliphatic carbocycles. The standard InChI is InChI=1S/C20H28N6O/c1-4-25(5-2)18-8-6-17(7-9-18)23-20-21-14-16(15-22-20)19(27)26-12-10-24(3)11-13-26/h6-9,14-15H,4-5,10-13H2,1-3H3,(H,21,22,23). The van der Waals surface area contributed by atoms with Crippen molar-refractivity contribution in [3.63, 3.8) is 0 Å². The van der Waals surface area contributed by atoms with Gasteiger partial charge in [-0.25, -0.2) is 9.97 Å². The number of anilines is 3. The molecule has 0 unspecified atom stereocenters. The van der Waals surface area contributed by atoms with Gasteiger partial charge in [0.1, 0.15) is 0 Å². The van der Waals surface area contributed by atoms with E-state index in [9.17, 15) is 4.79 Å². The third-order valence-corrected chi connectivity index (χ3v) is 4.94. The largest absolute Gasteiger partial charge is 0.372 e. The molecule has 1 aliphatic heterocycles. The summed E-state index contributed by atoms with van der Waals surface area (Å²) in [6.45, 7) is 9.54. The van der Waals surface area contributed by atoms with E-state index >= 15 is 0 Å². The third-order valence-electron chi connectivity index (χ3n) is 4.94. The molecule has 2 aromatic rings. The van der Waals surface area contributed by atoms with Gasteiger partial charge in [-0.15, -0.1) is 0 Å². The fourth-order valence-electron chi connectivity index (χ4n) is 3.17. The van der Waals surface area contributed by atoms with Gasteiger partial charge in [0.2, 0.25) is 5.95 Å². The number of benzene rings is 1. The Hall–Kier alpha value is -2.67. The van der Waals surface area contributed by atoms with Crippen molar-refractivity contribution in [2.45, 2.75) is 13.8 Å². The molecule has 2 heterocycles. The molecule has 1 fully saturated rings. The molecule has 0 spiro atoms. The zero-order valence-electron chi connectivity index (χ0n) is 16.4. The maximum atomic E-state index is 12.5. The van der Waals surface area contributed by atoms with E-state index in [1.807, 2.05) is 17.0 Å². The lowest BCUT2D eigenvalue weighted by molar-refractivity contribution is 0.0663. The Balaban J connectivity index is 1.61. The highest BCUT2D eigenvalue weighted by Crippen LogP contribution is 2.19. The highest BCUT2D eigenvalue weighted by atomic mass is 16.2. The number of hydrogen-bond donors (Lipinski definition) is 1. The zero-order valence-corrected chi connectivity index (χ0v) is 16.4. The van der Waals surface area contributed by atoms with Crippen LogP contribution in [-0.4, -0.2) is 72.0 Å². The number of piperazine rings is 1. The van der Waals surface area contributed by atoms with Crippen LogP contribution in [0.2, 0.25) is 0 Å². The van der Waals surface area contributed by atoms with Crippen LogP contribution < -0.4 is 10.2 Å². The van der Waals surface area contributed by atoms with Crippen LogP contribution in [0, 0.1) is 0 Å². The molecule has 7 nitrogen and oxygen atoms in total. The number of carbonyl (C=O) groups excluding carboxylic acids is 1. The highest BCUT2D eigenvalue weighted by molar-refractivity contribution is 5.93. The summed E-state index contributed by atoms with van der Waals surface area (Å²) < 4.78 is 0. The molecule has 1 N–H and O–H groups in total. The molecule has 1 aromatic heterocycles. The molecular weight excluding hydrogens is 340 g/mol. The minimum atomic E-state index is -0.00164. The van der Waals surface area contributed by atoms with Crippen molar-refractivity contribution in [1.82, 2.24) is 19.8 Å². The van der Waals surface area contributed by atoms with Crippen LogP contribution in [0.15, 0.2) is 36.7 Å². The Bertz CT molecular complexity index is 734. The van der Waals surface area contributed by atoms with Crippen LogP contribution in [0.4, 0.5) is 17.3 Å². The summed E-state index contributed by atoms with van der Waals surface area (Å²) in [6.07, 6.45) is 3.19. The lowest BCUT2D eigenvalue weighted by atomic mass is 10.2. The summed E-state index contributed by atoms with van der Waals surface area (Å²) in [7, 11) is 2.07. The lowest BCUT2D eigenvalue weighted by Gasteiger charge is -2.32. The molecular formula is C20H28N6O. The summed E-state index contributed by atoms with van der Waals surface area (Å²) in [5.74, 6) is 0.485. The van der Waals surface area contributed by atoms with Gasteiger partial charge in [0.15, 0.2) is 0 Å². The second-order valence-electron chi connectivity index (χ2n) is 6.73. The SMILES string of the molecule is CCN(CC)c1ccc(Nc2ncc(C(=O)N3CCN(C)CC3)cn2)cc1. The quantitative estimate of drug-likeness (QED) is 0.845. The summed E-state index contributed by atoms with van der Waals surface area (Å²) >= 11 is 0. The Kier molecular flexibility index (Phi) is 6.24. The van der Waals surface area contributed by atoms with Gasteiger partial charge < -0.3 is 20.0 Å². The van der Waals surface area contributed by atoms with Crippen LogP contribution in [0.3, 0.4) is 0 Å². The monoisotopic (exact) mass is 368 g/mol. The molecule has 144 valence electrons. The number of likely N-dealkylation sites (N-methyl/N-ethyl adjacent to an activating group) is 1. The Labute approximate surface area is 161 Å². The Morgan fingerprint density at radius 2 is 1.63 bits per heavy atom. The Morgan fingerprint density at radius 3 is 2.19 bits per heavy atom. The first kappa shape index (κ1) is 19.1. The number of aromatic nitrogens is 2. The van der Waals surface area contributed by atoms with Gasteiger partial charge in [-0.2, -0.15) is 0 Å². The molecule has 1 amide bonds. The fourth-order valence-corrected chi connectivity index (χ4v) is 3.17. The van der Waals surface area contributed by atoms with Gasteiger partial charge in [0.05, 0.1) is 5.56 Å². The van der Waals surface area contributed by atoms with Crippen molar-refractivity contribution < 1.29 is 4.79 Å². The van der Waals surface area contributed by atoms with Gasteiger partial charge in [0, 0.05) is 63.0 Å². The summed E-state index contributed by atoms with van der Waals surface area (Å²) in [5, 5.41) is 3.19. The number of rotatable bonds is 6. The molecule has 1 saturated heterocycles. The first-order valence-electron chi connectivity index (χ1n) is 9.52. The average Bonchev–Trinajstić information content (AvgIpc) is 2.71. The molecule has 1 aliphatic rings. The van der Waals surface area contributed by atoms with Gasteiger partial charge in [-0.1, -0.05) is 0 Å². The first-order valence-corrected chi connectivity index (χ1v) is 9.52. The second kappa shape index (κ2) is 8.81. The molecule has 3 rings (SSSR count). The zero-order chi connectivity index (χ0) is 19.2. The number of carbonyl (C=O) groups is 1. The van der Waals surface area contributed by atoms with E-state index in [2.05, 4.69) is 58.1 Å². The molecule has 27 heavy (non-hydrogen) atoms. The van der Waals surface area contributed by atoms with Crippen molar-refractivity contribution >= 4 is 23.2 Å². The van der Waals surface area contributed by atoms with Crippen molar-refractivity contribution in [3.8, 4) is 0 Å². The predicted octanol–water partition coefficient (Wildman–Crippen LogP) is 2.45. The summed E-state index contributed by atoms with van der Waals surface area (Å²) in [4.78, 5) is 27.5. The van der Waals surface area contributed by atoms with E-state index in [-0.39, 0.29) is 5.91 Å². The molecule has 0 radical (unpaired) electrons. The van der Waals surface area contributed by atoms with Gasteiger partial charge >= 0.3 is 0 Å². The number of amides is 1. The van der Waals surface area contributed by atoms with Crippen molar-refractivity contribution in [3.05, 3.63) is 42.2 Å². The second-order valence-corrected chi connectivity index (χ2v) is 6.73. The topological polar surface area (TPSA) is 64.6 Å². The van der Waals surface area contributed by atoms with Crippen molar-refractivity contribution in [1.29, 1.82) is 0 Å². The maximum absolute atomic E-state index is 12.5. The number of nitrogens with one attached hydrogen (secondary N) is 1. The van der Waals surface area contributed by atoms with E-state index in [4.69, 9.17) is 0 Å². The lowest BCUT2D eigenvalue weighted by Crippen LogP contribution is -2.47. The van der Waals surface area contributed by atoms with E-state index in [1.165, 1.54) is 5.69 Å². The highest BCUT2D eigenvalue weighted by Gasteiger charge is 2.20. The van der Waals surface area contributed by atoms with E-state index < -0.39 is 0 Å². The van der Waals surface area contributed by atoms with Gasteiger partial charge in [-0.05, 0) is 45.2 Å². The van der Waals surface area contributed by atoms with Gasteiger partial charge in [0.25, 0.3) is 5.91 Å². The van der Waals surface area contributed by atoms with E-state index in [1.54, 1.807) is 12.4 Å². The third kappa shape index (κ3) is 4.74.